The summed E-state index contributed by atoms with van der Waals surface area (Å²) in [5.41, 5.74) is 2.34. The summed E-state index contributed by atoms with van der Waals surface area (Å²) in [7, 11) is 0. The van der Waals surface area contributed by atoms with Gasteiger partial charge < -0.3 is 5.32 Å². The Balaban J connectivity index is 2.60. The Bertz CT molecular complexity index is 366. The highest BCUT2D eigenvalue weighted by Crippen LogP contribution is 2.40. The van der Waals surface area contributed by atoms with Gasteiger partial charge in [0.2, 0.25) is 0 Å². The quantitative estimate of drug-likeness (QED) is 0.666. The first kappa shape index (κ1) is 8.64. The van der Waals surface area contributed by atoms with Crippen molar-refractivity contribution in [2.45, 2.75) is 19.3 Å². The molecular formula is C11H12ClN. The number of halogens is 1. The topological polar surface area (TPSA) is 12.0 Å². The van der Waals surface area contributed by atoms with Crippen LogP contribution in [0.4, 0.5) is 5.69 Å². The van der Waals surface area contributed by atoms with Crippen LogP contribution in [0.25, 0.3) is 0 Å². The molecule has 1 aromatic carbocycles. The Morgan fingerprint density at radius 3 is 2.69 bits per heavy atom. The lowest BCUT2D eigenvalue weighted by Crippen LogP contribution is -2.23. The van der Waals surface area contributed by atoms with E-state index in [0.29, 0.717) is 0 Å². The number of anilines is 1. The van der Waals surface area contributed by atoms with Gasteiger partial charge in [-0.2, -0.15) is 0 Å². The monoisotopic (exact) mass is 193 g/mol. The molecule has 0 unspecified atom stereocenters. The van der Waals surface area contributed by atoms with Gasteiger partial charge in [0, 0.05) is 22.3 Å². The molecule has 0 amide bonds. The van der Waals surface area contributed by atoms with Gasteiger partial charge in [0.25, 0.3) is 0 Å². The van der Waals surface area contributed by atoms with Crippen LogP contribution >= 0.6 is 11.6 Å². The van der Waals surface area contributed by atoms with Crippen molar-refractivity contribution in [3.63, 3.8) is 0 Å². The normalized spacial score (nSPS) is 18.5. The molecule has 1 N–H and O–H groups in total. The smallest absolute Gasteiger partial charge is 0.0441 e. The highest BCUT2D eigenvalue weighted by Gasteiger charge is 2.29. The lowest BCUT2D eigenvalue weighted by atomic mass is 9.82. The molecule has 2 rings (SSSR count). The third-order valence-corrected chi connectivity index (χ3v) is 3.13. The SMILES string of the molecule is CC1(C)C(Cl)=CNc2ccccc21. The van der Waals surface area contributed by atoms with E-state index in [1.165, 1.54) is 5.56 Å². The Hall–Kier alpha value is -0.950. The highest BCUT2D eigenvalue weighted by atomic mass is 35.5. The summed E-state index contributed by atoms with van der Waals surface area (Å²) < 4.78 is 0. The molecule has 0 bridgehead atoms. The predicted octanol–water partition coefficient (Wildman–Crippen LogP) is 3.47. The van der Waals surface area contributed by atoms with E-state index in [2.05, 4.69) is 31.3 Å². The van der Waals surface area contributed by atoms with Gasteiger partial charge in [0.15, 0.2) is 0 Å². The molecule has 1 heterocycles. The van der Waals surface area contributed by atoms with Gasteiger partial charge in [-0.05, 0) is 11.6 Å². The van der Waals surface area contributed by atoms with E-state index in [9.17, 15) is 0 Å². The van der Waals surface area contributed by atoms with Crippen molar-refractivity contribution in [2.75, 3.05) is 5.32 Å². The van der Waals surface area contributed by atoms with Crippen molar-refractivity contribution in [1.29, 1.82) is 0 Å². The molecule has 0 atom stereocenters. The number of rotatable bonds is 0. The van der Waals surface area contributed by atoms with Crippen LogP contribution < -0.4 is 5.32 Å². The lowest BCUT2D eigenvalue weighted by Gasteiger charge is -2.31. The van der Waals surface area contributed by atoms with Crippen LogP contribution in [-0.2, 0) is 5.41 Å². The zero-order valence-electron chi connectivity index (χ0n) is 7.76. The number of para-hydroxylation sites is 1. The summed E-state index contributed by atoms with van der Waals surface area (Å²) in [5.74, 6) is 0. The molecule has 0 radical (unpaired) electrons. The summed E-state index contributed by atoms with van der Waals surface area (Å²) >= 11 is 6.13. The van der Waals surface area contributed by atoms with E-state index in [0.717, 1.165) is 10.7 Å². The molecule has 13 heavy (non-hydrogen) atoms. The Morgan fingerprint density at radius 2 is 1.92 bits per heavy atom. The number of fused-ring (bicyclic) bond motifs is 1. The summed E-state index contributed by atoms with van der Waals surface area (Å²) in [6.45, 7) is 4.26. The standard InChI is InChI=1S/C11H12ClN/c1-11(2)8-5-3-4-6-9(8)13-7-10(11)12/h3-7,13H,1-2H3. The Morgan fingerprint density at radius 1 is 1.23 bits per heavy atom. The predicted molar refractivity (Wildman–Crippen MR) is 57.0 cm³/mol. The maximum absolute atomic E-state index is 6.13. The molecule has 1 aliphatic heterocycles. The fraction of sp³-hybridized carbons (Fsp3) is 0.273. The maximum atomic E-state index is 6.13. The van der Waals surface area contributed by atoms with Crippen LogP contribution in [0.3, 0.4) is 0 Å². The molecule has 0 aromatic heterocycles. The van der Waals surface area contributed by atoms with Gasteiger partial charge in [-0.15, -0.1) is 0 Å². The molecule has 0 saturated carbocycles. The summed E-state index contributed by atoms with van der Waals surface area (Å²) in [4.78, 5) is 0. The second kappa shape index (κ2) is 2.78. The summed E-state index contributed by atoms with van der Waals surface area (Å²) in [6.07, 6.45) is 1.86. The molecule has 1 nitrogen and oxygen atoms in total. The fourth-order valence-corrected chi connectivity index (χ4v) is 1.76. The molecule has 0 aliphatic carbocycles. The van der Waals surface area contributed by atoms with E-state index in [-0.39, 0.29) is 5.41 Å². The van der Waals surface area contributed by atoms with Crippen molar-refractivity contribution in [3.05, 3.63) is 41.1 Å². The molecule has 0 spiro atoms. The van der Waals surface area contributed by atoms with E-state index in [1.54, 1.807) is 0 Å². The fourth-order valence-electron chi connectivity index (χ4n) is 1.60. The largest absolute Gasteiger partial charge is 0.360 e. The molecule has 0 fully saturated rings. The zero-order valence-corrected chi connectivity index (χ0v) is 8.52. The average Bonchev–Trinajstić information content (AvgIpc) is 2.13. The van der Waals surface area contributed by atoms with Crippen molar-refractivity contribution >= 4 is 17.3 Å². The Labute approximate surface area is 83.4 Å². The van der Waals surface area contributed by atoms with Gasteiger partial charge in [-0.25, -0.2) is 0 Å². The average molecular weight is 194 g/mol. The van der Waals surface area contributed by atoms with Gasteiger partial charge in [-0.1, -0.05) is 43.6 Å². The number of hydrogen-bond donors (Lipinski definition) is 1. The molecule has 2 heteroatoms. The maximum Gasteiger partial charge on any atom is 0.0441 e. The van der Waals surface area contributed by atoms with E-state index >= 15 is 0 Å². The number of nitrogens with one attached hydrogen (secondary N) is 1. The zero-order chi connectivity index (χ0) is 9.47. The molecule has 68 valence electrons. The second-order valence-corrected chi connectivity index (χ2v) is 4.21. The van der Waals surface area contributed by atoms with Gasteiger partial charge in [0.1, 0.15) is 0 Å². The van der Waals surface area contributed by atoms with Gasteiger partial charge in [-0.3, -0.25) is 0 Å². The highest BCUT2D eigenvalue weighted by molar-refractivity contribution is 6.31. The van der Waals surface area contributed by atoms with E-state index in [1.807, 2.05) is 18.3 Å². The number of allylic oxidation sites excluding steroid dienone is 1. The molecule has 0 saturated heterocycles. The van der Waals surface area contributed by atoms with Crippen molar-refractivity contribution in [1.82, 2.24) is 0 Å². The van der Waals surface area contributed by atoms with Crippen LogP contribution in [0.2, 0.25) is 0 Å². The molecule has 1 aliphatic rings. The second-order valence-electron chi connectivity index (χ2n) is 3.81. The van der Waals surface area contributed by atoms with Gasteiger partial charge >= 0.3 is 0 Å². The van der Waals surface area contributed by atoms with Crippen molar-refractivity contribution < 1.29 is 0 Å². The molecular weight excluding hydrogens is 182 g/mol. The summed E-state index contributed by atoms with van der Waals surface area (Å²) in [5, 5.41) is 4.03. The molecule has 1 aromatic rings. The summed E-state index contributed by atoms with van der Waals surface area (Å²) in [6, 6.07) is 8.24. The minimum absolute atomic E-state index is 0.0661. The Kier molecular flexibility index (Phi) is 1.85. The van der Waals surface area contributed by atoms with Crippen LogP contribution in [0.5, 0.6) is 0 Å². The first-order chi connectivity index (χ1) is 6.12. The van der Waals surface area contributed by atoms with E-state index < -0.39 is 0 Å². The van der Waals surface area contributed by atoms with Crippen LogP contribution in [-0.4, -0.2) is 0 Å². The van der Waals surface area contributed by atoms with E-state index in [4.69, 9.17) is 11.6 Å². The first-order valence-electron chi connectivity index (χ1n) is 4.34. The first-order valence-corrected chi connectivity index (χ1v) is 4.72. The number of benzene rings is 1. The third-order valence-electron chi connectivity index (χ3n) is 2.55. The van der Waals surface area contributed by atoms with Gasteiger partial charge in [0.05, 0.1) is 0 Å². The van der Waals surface area contributed by atoms with Crippen LogP contribution in [0, 0.1) is 0 Å². The minimum atomic E-state index is -0.0661. The lowest BCUT2D eigenvalue weighted by molar-refractivity contribution is 0.650. The van der Waals surface area contributed by atoms with Crippen molar-refractivity contribution in [3.8, 4) is 0 Å². The third kappa shape index (κ3) is 1.24. The minimum Gasteiger partial charge on any atom is -0.360 e. The van der Waals surface area contributed by atoms with Crippen LogP contribution in [0.15, 0.2) is 35.5 Å². The van der Waals surface area contributed by atoms with Crippen molar-refractivity contribution in [2.24, 2.45) is 0 Å². The number of hydrogen-bond acceptors (Lipinski definition) is 1. The van der Waals surface area contributed by atoms with Crippen LogP contribution in [0.1, 0.15) is 19.4 Å².